The second-order valence-electron chi connectivity index (χ2n) is 10.5. The van der Waals surface area contributed by atoms with Gasteiger partial charge in [0.15, 0.2) is 6.61 Å². The van der Waals surface area contributed by atoms with Crippen molar-refractivity contribution in [3.05, 3.63) is 96.1 Å². The summed E-state index contributed by atoms with van der Waals surface area (Å²) >= 11 is 0. The molecule has 3 aromatic rings. The van der Waals surface area contributed by atoms with Crippen molar-refractivity contribution in [1.82, 2.24) is 14.5 Å². The Hall–Kier alpha value is -3.77. The molecule has 0 aliphatic carbocycles. The largest absolute Gasteiger partial charge is 0.484 e. The molecule has 3 aromatic carbocycles. The van der Waals surface area contributed by atoms with E-state index >= 15 is 0 Å². The van der Waals surface area contributed by atoms with Crippen LogP contribution in [0.2, 0.25) is 0 Å². The van der Waals surface area contributed by atoms with E-state index in [1.807, 2.05) is 60.7 Å². The van der Waals surface area contributed by atoms with Crippen molar-refractivity contribution in [2.45, 2.75) is 36.4 Å². The predicted molar refractivity (Wildman–Crippen MR) is 160 cm³/mol. The summed E-state index contributed by atoms with van der Waals surface area (Å²) in [5, 5.41) is 3.00. The van der Waals surface area contributed by atoms with Gasteiger partial charge in [-0.3, -0.25) is 9.59 Å². The molecule has 2 amide bonds. The van der Waals surface area contributed by atoms with Crippen LogP contribution in [0, 0.1) is 0 Å². The van der Waals surface area contributed by atoms with E-state index < -0.39 is 22.0 Å². The molecule has 10 nitrogen and oxygen atoms in total. The topological polar surface area (TPSA) is 114 Å². The maximum absolute atomic E-state index is 13.8. The third-order valence-corrected chi connectivity index (χ3v) is 9.43. The number of nitrogens with one attached hydrogen (secondary N) is 1. The molecule has 43 heavy (non-hydrogen) atoms. The van der Waals surface area contributed by atoms with Gasteiger partial charge < -0.3 is 24.4 Å². The molecule has 2 heterocycles. The first-order valence-electron chi connectivity index (χ1n) is 14.5. The molecule has 2 saturated heterocycles. The molecule has 0 saturated carbocycles. The highest BCUT2D eigenvalue weighted by atomic mass is 32.2. The van der Waals surface area contributed by atoms with Crippen molar-refractivity contribution in [1.29, 1.82) is 0 Å². The Balaban J connectivity index is 1.33. The van der Waals surface area contributed by atoms with Gasteiger partial charge in [-0.15, -0.1) is 0 Å². The van der Waals surface area contributed by atoms with Crippen LogP contribution in [0.1, 0.15) is 30.0 Å². The summed E-state index contributed by atoms with van der Waals surface area (Å²) in [5.74, 6) is -0.355. The molecule has 0 unspecified atom stereocenters. The number of hydrogen-bond acceptors (Lipinski definition) is 7. The quantitative estimate of drug-likeness (QED) is 0.337. The van der Waals surface area contributed by atoms with E-state index in [9.17, 15) is 18.0 Å². The molecule has 1 N–H and O–H groups in total. The second kappa shape index (κ2) is 14.6. The highest BCUT2D eigenvalue weighted by Crippen LogP contribution is 2.25. The normalized spacial score (nSPS) is 18.1. The van der Waals surface area contributed by atoms with Crippen molar-refractivity contribution in [3.63, 3.8) is 0 Å². The van der Waals surface area contributed by atoms with Gasteiger partial charge in [0.05, 0.1) is 24.2 Å². The van der Waals surface area contributed by atoms with E-state index in [0.717, 1.165) is 18.4 Å². The molecule has 5 rings (SSSR count). The summed E-state index contributed by atoms with van der Waals surface area (Å²) in [6.45, 7) is 2.21. The summed E-state index contributed by atoms with van der Waals surface area (Å²) in [4.78, 5) is 29.2. The van der Waals surface area contributed by atoms with Crippen LogP contribution >= 0.6 is 0 Å². The van der Waals surface area contributed by atoms with E-state index in [1.54, 1.807) is 0 Å². The fourth-order valence-corrected chi connectivity index (χ4v) is 6.61. The molecular formula is C32H37N3O7S. The van der Waals surface area contributed by atoms with Gasteiger partial charge in [0, 0.05) is 32.8 Å². The number of sulfonamides is 1. The Morgan fingerprint density at radius 1 is 0.930 bits per heavy atom. The molecule has 0 aromatic heterocycles. The first-order valence-corrected chi connectivity index (χ1v) is 15.9. The Morgan fingerprint density at radius 3 is 2.26 bits per heavy atom. The van der Waals surface area contributed by atoms with Crippen LogP contribution in [0.4, 0.5) is 0 Å². The zero-order valence-electron chi connectivity index (χ0n) is 24.0. The van der Waals surface area contributed by atoms with Gasteiger partial charge in [-0.1, -0.05) is 60.7 Å². The lowest BCUT2D eigenvalue weighted by molar-refractivity contribution is -0.143. The van der Waals surface area contributed by atoms with Crippen LogP contribution in [-0.2, 0) is 35.6 Å². The zero-order chi connectivity index (χ0) is 30.1. The van der Waals surface area contributed by atoms with Gasteiger partial charge in [0.25, 0.3) is 5.91 Å². The van der Waals surface area contributed by atoms with E-state index in [-0.39, 0.29) is 30.1 Å². The minimum absolute atomic E-state index is 0.0444. The number of ether oxygens (including phenoxy) is 3. The number of benzene rings is 3. The smallest absolute Gasteiger partial charge is 0.261 e. The van der Waals surface area contributed by atoms with E-state index in [2.05, 4.69) is 5.32 Å². The van der Waals surface area contributed by atoms with Crippen LogP contribution in [0.25, 0.3) is 0 Å². The number of amides is 2. The van der Waals surface area contributed by atoms with Gasteiger partial charge >= 0.3 is 0 Å². The third kappa shape index (κ3) is 7.99. The minimum Gasteiger partial charge on any atom is -0.484 e. The van der Waals surface area contributed by atoms with Crippen LogP contribution in [-0.4, -0.2) is 81.6 Å². The highest BCUT2D eigenvalue weighted by molar-refractivity contribution is 7.89. The average Bonchev–Trinajstić information content (AvgIpc) is 3.58. The van der Waals surface area contributed by atoms with Gasteiger partial charge in [-0.05, 0) is 48.2 Å². The number of hydrogen-bond donors (Lipinski definition) is 1. The van der Waals surface area contributed by atoms with Crippen LogP contribution in [0.3, 0.4) is 0 Å². The molecule has 0 radical (unpaired) electrons. The van der Waals surface area contributed by atoms with Crippen LogP contribution in [0.15, 0.2) is 89.8 Å². The minimum atomic E-state index is -3.65. The molecule has 2 fully saturated rings. The third-order valence-electron chi connectivity index (χ3n) is 7.51. The Bertz CT molecular complexity index is 1440. The van der Waals surface area contributed by atoms with Crippen LogP contribution < -0.4 is 10.1 Å². The number of rotatable bonds is 12. The summed E-state index contributed by atoms with van der Waals surface area (Å²) < 4.78 is 44.1. The summed E-state index contributed by atoms with van der Waals surface area (Å²) in [6, 6.07) is 23.8. The first kappa shape index (κ1) is 30.7. The second-order valence-corrected chi connectivity index (χ2v) is 12.4. The van der Waals surface area contributed by atoms with Crippen molar-refractivity contribution in [2.24, 2.45) is 0 Å². The molecule has 2 aliphatic heterocycles. The molecule has 2 aliphatic rings. The van der Waals surface area contributed by atoms with Crippen molar-refractivity contribution in [3.8, 4) is 5.75 Å². The molecule has 0 spiro atoms. The predicted octanol–water partition coefficient (Wildman–Crippen LogP) is 3.15. The number of morpholine rings is 1. The maximum Gasteiger partial charge on any atom is 0.261 e. The van der Waals surface area contributed by atoms with E-state index in [0.29, 0.717) is 50.8 Å². The molecule has 11 heteroatoms. The number of nitrogens with zero attached hydrogens (tertiary/aromatic N) is 2. The molecular weight excluding hydrogens is 570 g/mol. The SMILES string of the molecule is O=C(NC[C@H]1CCCO1)[C@@H](c1ccccc1)N(Cc1ccccc1)C(=O)COc1ccc(S(=O)(=O)N2CCOCC2)cc1. The van der Waals surface area contributed by atoms with Crippen molar-refractivity contribution < 1.29 is 32.2 Å². The standard InChI is InChI=1S/C32H37N3O7S/c36-30(24-42-27-13-15-29(16-14-27)43(38,39)34-17-20-40-21-18-34)35(23-25-8-3-1-4-9-25)31(26-10-5-2-6-11-26)32(37)33-22-28-12-7-19-41-28/h1-6,8-11,13-16,28,31H,7,12,17-24H2,(H,33,37)/t28-,31-/m1/s1. The summed E-state index contributed by atoms with van der Waals surface area (Å²) in [5.41, 5.74) is 1.54. The molecule has 0 bridgehead atoms. The van der Waals surface area contributed by atoms with Crippen molar-refractivity contribution in [2.75, 3.05) is 46.1 Å². The van der Waals surface area contributed by atoms with Gasteiger partial charge in [-0.25, -0.2) is 8.42 Å². The lowest BCUT2D eigenvalue weighted by Crippen LogP contribution is -2.46. The highest BCUT2D eigenvalue weighted by Gasteiger charge is 2.33. The number of carbonyl (C=O) groups excluding carboxylic acids is 2. The summed E-state index contributed by atoms with van der Waals surface area (Å²) in [6.07, 6.45) is 1.79. The van der Waals surface area contributed by atoms with E-state index in [1.165, 1.54) is 33.5 Å². The fourth-order valence-electron chi connectivity index (χ4n) is 5.20. The zero-order valence-corrected chi connectivity index (χ0v) is 24.8. The van der Waals surface area contributed by atoms with Gasteiger partial charge in [0.2, 0.25) is 15.9 Å². The summed E-state index contributed by atoms with van der Waals surface area (Å²) in [7, 11) is -3.65. The molecule has 228 valence electrons. The maximum atomic E-state index is 13.8. The Morgan fingerprint density at radius 2 is 1.60 bits per heavy atom. The fraction of sp³-hybridized carbons (Fsp3) is 0.375. The monoisotopic (exact) mass is 607 g/mol. The van der Waals surface area contributed by atoms with Crippen LogP contribution in [0.5, 0.6) is 5.75 Å². The van der Waals surface area contributed by atoms with Gasteiger partial charge in [0.1, 0.15) is 11.8 Å². The molecule has 2 atom stereocenters. The number of carbonyl (C=O) groups is 2. The lowest BCUT2D eigenvalue weighted by atomic mass is 10.0. The Labute approximate surface area is 252 Å². The first-order chi connectivity index (χ1) is 20.9. The van der Waals surface area contributed by atoms with Crippen molar-refractivity contribution >= 4 is 21.8 Å². The van der Waals surface area contributed by atoms with E-state index in [4.69, 9.17) is 14.2 Å². The van der Waals surface area contributed by atoms with Gasteiger partial charge in [-0.2, -0.15) is 4.31 Å². The average molecular weight is 608 g/mol. The Kier molecular flexibility index (Phi) is 10.4. The lowest BCUT2D eigenvalue weighted by Gasteiger charge is -2.32.